The van der Waals surface area contributed by atoms with Crippen LogP contribution in [0.4, 0.5) is 0 Å². The zero-order chi connectivity index (χ0) is 22.4. The number of ether oxygens (including phenoxy) is 1. The van der Waals surface area contributed by atoms with Gasteiger partial charge in [-0.2, -0.15) is 0 Å². The zero-order valence-electron chi connectivity index (χ0n) is 16.4. The molecule has 0 spiro atoms. The van der Waals surface area contributed by atoms with E-state index in [4.69, 9.17) is 15.6 Å². The Kier molecular flexibility index (Phi) is 6.68. The van der Waals surface area contributed by atoms with Crippen LogP contribution in [0.1, 0.15) is 26.3 Å². The molecule has 5 N–H and O–H groups in total. The van der Waals surface area contributed by atoms with Gasteiger partial charge in [0, 0.05) is 17.7 Å². The molecule has 0 saturated heterocycles. The van der Waals surface area contributed by atoms with Crippen LogP contribution < -0.4 is 20.9 Å². The fraction of sp³-hybridized carbons (Fsp3) is 0.0909. The molecule has 3 rings (SSSR count). The second kappa shape index (κ2) is 9.41. The third-order valence-electron chi connectivity index (χ3n) is 4.44. The molecule has 9 heteroatoms. The van der Waals surface area contributed by atoms with Crippen molar-refractivity contribution in [3.05, 3.63) is 89.5 Å². The number of carbonyl (C=O) groups is 2. The smallest absolute Gasteiger partial charge is 0.251 e. The summed E-state index contributed by atoms with van der Waals surface area (Å²) in [5.41, 5.74) is 6.94. The number of primary amides is 1. The van der Waals surface area contributed by atoms with Crippen LogP contribution in [0.25, 0.3) is 0 Å². The summed E-state index contributed by atoms with van der Waals surface area (Å²) in [4.78, 5) is 23.4. The van der Waals surface area contributed by atoms with E-state index in [2.05, 4.69) is 5.32 Å². The van der Waals surface area contributed by atoms with Crippen molar-refractivity contribution in [3.63, 3.8) is 0 Å². The van der Waals surface area contributed by atoms with Crippen molar-refractivity contribution in [2.75, 3.05) is 6.54 Å². The number of hydrogen-bond donors (Lipinski definition) is 3. The molecule has 8 nitrogen and oxygen atoms in total. The van der Waals surface area contributed by atoms with Crippen LogP contribution in [-0.4, -0.2) is 26.8 Å². The Balaban J connectivity index is 1.51. The van der Waals surface area contributed by atoms with Gasteiger partial charge in [0.2, 0.25) is 15.9 Å². The minimum Gasteiger partial charge on any atom is -0.457 e. The number of primary sulfonamides is 1. The Morgan fingerprint density at radius 3 is 1.81 bits per heavy atom. The summed E-state index contributed by atoms with van der Waals surface area (Å²) < 4.78 is 28.2. The number of nitrogens with one attached hydrogen (secondary N) is 1. The molecule has 0 aliphatic carbocycles. The summed E-state index contributed by atoms with van der Waals surface area (Å²) in [7, 11) is -3.72. The molecule has 0 aromatic heterocycles. The molecule has 0 radical (unpaired) electrons. The Hall–Kier alpha value is -3.69. The minimum atomic E-state index is -3.72. The Morgan fingerprint density at radius 1 is 0.806 bits per heavy atom. The van der Waals surface area contributed by atoms with Crippen LogP contribution in [0.5, 0.6) is 11.5 Å². The molecule has 2 amide bonds. The lowest BCUT2D eigenvalue weighted by molar-refractivity contribution is 0.0952. The van der Waals surface area contributed by atoms with Gasteiger partial charge in [0.25, 0.3) is 5.91 Å². The third kappa shape index (κ3) is 6.14. The lowest BCUT2D eigenvalue weighted by Crippen LogP contribution is -2.25. The maximum atomic E-state index is 12.3. The first-order valence-electron chi connectivity index (χ1n) is 9.30. The van der Waals surface area contributed by atoms with Crippen molar-refractivity contribution in [2.45, 2.75) is 11.3 Å². The molecule has 0 bridgehead atoms. The molecule has 0 saturated carbocycles. The molecule has 0 unspecified atom stereocenters. The van der Waals surface area contributed by atoms with Crippen molar-refractivity contribution >= 4 is 21.8 Å². The van der Waals surface area contributed by atoms with Crippen LogP contribution >= 0.6 is 0 Å². The largest absolute Gasteiger partial charge is 0.457 e. The molecule has 3 aromatic rings. The number of nitrogens with two attached hydrogens (primary N) is 2. The monoisotopic (exact) mass is 439 g/mol. The number of benzene rings is 3. The van der Waals surface area contributed by atoms with Crippen LogP contribution in [0.15, 0.2) is 77.7 Å². The van der Waals surface area contributed by atoms with Crippen LogP contribution in [0.3, 0.4) is 0 Å². The van der Waals surface area contributed by atoms with Gasteiger partial charge < -0.3 is 15.8 Å². The van der Waals surface area contributed by atoms with E-state index in [1.54, 1.807) is 60.7 Å². The van der Waals surface area contributed by atoms with Crippen molar-refractivity contribution < 1.29 is 22.7 Å². The van der Waals surface area contributed by atoms with Gasteiger partial charge >= 0.3 is 0 Å². The Bertz CT molecular complexity index is 1170. The standard InChI is InChI=1S/C22H21N3O5S/c23-21(26)16-3-7-18(8-4-16)30-19-9-5-17(6-10-19)22(27)25-14-13-15-1-11-20(12-2-15)31(24,28)29/h1-12H,13-14H2,(H2,23,26)(H,25,27)(H2,24,28,29). The third-order valence-corrected chi connectivity index (χ3v) is 5.37. The average Bonchev–Trinajstić information content (AvgIpc) is 2.74. The van der Waals surface area contributed by atoms with E-state index < -0.39 is 15.9 Å². The summed E-state index contributed by atoms with van der Waals surface area (Å²) >= 11 is 0. The predicted octanol–water partition coefficient (Wildman–Crippen LogP) is 2.20. The van der Waals surface area contributed by atoms with Crippen molar-refractivity contribution in [2.24, 2.45) is 10.9 Å². The van der Waals surface area contributed by atoms with Gasteiger partial charge in [0.15, 0.2) is 0 Å². The number of rotatable bonds is 8. The van der Waals surface area contributed by atoms with Crippen LogP contribution in [0, 0.1) is 0 Å². The maximum Gasteiger partial charge on any atom is 0.251 e. The van der Waals surface area contributed by atoms with E-state index in [1.165, 1.54) is 12.1 Å². The Morgan fingerprint density at radius 2 is 1.32 bits per heavy atom. The van der Waals surface area contributed by atoms with Gasteiger partial charge in [-0.3, -0.25) is 9.59 Å². The number of hydrogen-bond acceptors (Lipinski definition) is 5. The average molecular weight is 439 g/mol. The van der Waals surface area contributed by atoms with E-state index in [-0.39, 0.29) is 10.8 Å². The van der Waals surface area contributed by atoms with Crippen molar-refractivity contribution in [3.8, 4) is 11.5 Å². The normalized spacial score (nSPS) is 11.0. The first kappa shape index (κ1) is 22.0. The second-order valence-electron chi connectivity index (χ2n) is 6.71. The van der Waals surface area contributed by atoms with Gasteiger partial charge in [0.05, 0.1) is 4.90 Å². The highest BCUT2D eigenvalue weighted by Crippen LogP contribution is 2.22. The van der Waals surface area contributed by atoms with E-state index in [1.807, 2.05) is 0 Å². The van der Waals surface area contributed by atoms with Gasteiger partial charge in [0.1, 0.15) is 11.5 Å². The molecule has 0 atom stereocenters. The molecule has 160 valence electrons. The first-order valence-corrected chi connectivity index (χ1v) is 10.8. The van der Waals surface area contributed by atoms with Crippen LogP contribution in [-0.2, 0) is 16.4 Å². The number of amides is 2. The van der Waals surface area contributed by atoms with Crippen molar-refractivity contribution in [1.29, 1.82) is 0 Å². The fourth-order valence-corrected chi connectivity index (χ4v) is 3.28. The topological polar surface area (TPSA) is 142 Å². The van der Waals surface area contributed by atoms with Gasteiger partial charge in [-0.25, -0.2) is 13.6 Å². The highest BCUT2D eigenvalue weighted by atomic mass is 32.2. The second-order valence-corrected chi connectivity index (χ2v) is 8.27. The maximum absolute atomic E-state index is 12.3. The van der Waals surface area contributed by atoms with E-state index in [0.29, 0.717) is 35.6 Å². The van der Waals surface area contributed by atoms with Gasteiger partial charge in [-0.15, -0.1) is 0 Å². The Labute approximate surface area is 179 Å². The highest BCUT2D eigenvalue weighted by Gasteiger charge is 2.08. The molecule has 0 aliphatic rings. The molecular weight excluding hydrogens is 418 g/mol. The summed E-state index contributed by atoms with van der Waals surface area (Å²) in [5.74, 6) is 0.329. The number of carbonyl (C=O) groups excluding carboxylic acids is 2. The lowest BCUT2D eigenvalue weighted by atomic mass is 10.1. The van der Waals surface area contributed by atoms with Crippen molar-refractivity contribution in [1.82, 2.24) is 5.32 Å². The van der Waals surface area contributed by atoms with E-state index in [0.717, 1.165) is 5.56 Å². The first-order chi connectivity index (χ1) is 14.7. The summed E-state index contributed by atoms with van der Waals surface area (Å²) in [6, 6.07) is 19.2. The molecule has 3 aromatic carbocycles. The van der Waals surface area contributed by atoms with Gasteiger partial charge in [-0.1, -0.05) is 12.1 Å². The number of sulfonamides is 1. The zero-order valence-corrected chi connectivity index (χ0v) is 17.3. The molecular formula is C22H21N3O5S. The molecule has 31 heavy (non-hydrogen) atoms. The quantitative estimate of drug-likeness (QED) is 0.493. The fourth-order valence-electron chi connectivity index (χ4n) is 2.77. The van der Waals surface area contributed by atoms with Gasteiger partial charge in [-0.05, 0) is 72.6 Å². The van der Waals surface area contributed by atoms with E-state index >= 15 is 0 Å². The molecule has 0 fully saturated rings. The SMILES string of the molecule is NC(=O)c1ccc(Oc2ccc(C(=O)NCCc3ccc(S(N)(=O)=O)cc3)cc2)cc1. The predicted molar refractivity (Wildman–Crippen MR) is 115 cm³/mol. The van der Waals surface area contributed by atoms with E-state index in [9.17, 15) is 18.0 Å². The minimum absolute atomic E-state index is 0.0476. The summed E-state index contributed by atoms with van der Waals surface area (Å²) in [6.07, 6.45) is 0.541. The molecule has 0 aliphatic heterocycles. The highest BCUT2D eigenvalue weighted by molar-refractivity contribution is 7.89. The summed E-state index contributed by atoms with van der Waals surface area (Å²) in [5, 5.41) is 7.88. The lowest BCUT2D eigenvalue weighted by Gasteiger charge is -2.08. The summed E-state index contributed by atoms with van der Waals surface area (Å²) in [6.45, 7) is 0.387. The van der Waals surface area contributed by atoms with Crippen LogP contribution in [0.2, 0.25) is 0 Å². The molecule has 0 heterocycles.